The van der Waals surface area contributed by atoms with Crippen LogP contribution in [0.15, 0.2) is 78.4 Å². The van der Waals surface area contributed by atoms with Crippen LogP contribution in [0.5, 0.6) is 0 Å². The SMILES string of the molecule is C=CC(OCc1ccccc1)C(CN=[N+]=[N-])OCc1ccccc1. The van der Waals surface area contributed by atoms with E-state index in [1.165, 1.54) is 0 Å². The lowest BCUT2D eigenvalue weighted by molar-refractivity contribution is -0.0596. The Morgan fingerprint density at radius 1 is 0.958 bits per heavy atom. The second kappa shape index (κ2) is 10.2. The number of hydrogen-bond acceptors (Lipinski definition) is 3. The number of hydrogen-bond donors (Lipinski definition) is 0. The predicted octanol–water partition coefficient (Wildman–Crippen LogP) is 4.65. The van der Waals surface area contributed by atoms with Gasteiger partial charge in [0, 0.05) is 4.91 Å². The van der Waals surface area contributed by atoms with Gasteiger partial charge in [-0.05, 0) is 16.7 Å². The van der Waals surface area contributed by atoms with Crippen LogP contribution in [0.25, 0.3) is 10.4 Å². The van der Waals surface area contributed by atoms with E-state index in [4.69, 9.17) is 15.0 Å². The van der Waals surface area contributed by atoms with Crippen LogP contribution in [0.4, 0.5) is 0 Å². The lowest BCUT2D eigenvalue weighted by Gasteiger charge is -2.24. The molecule has 0 fully saturated rings. The summed E-state index contributed by atoms with van der Waals surface area (Å²) in [6.45, 7) is 4.87. The summed E-state index contributed by atoms with van der Waals surface area (Å²) in [5.41, 5.74) is 10.7. The van der Waals surface area contributed by atoms with E-state index in [0.717, 1.165) is 11.1 Å². The maximum absolute atomic E-state index is 8.60. The summed E-state index contributed by atoms with van der Waals surface area (Å²) >= 11 is 0. The minimum Gasteiger partial charge on any atom is -0.370 e. The molecule has 5 nitrogen and oxygen atoms in total. The summed E-state index contributed by atoms with van der Waals surface area (Å²) in [7, 11) is 0. The van der Waals surface area contributed by atoms with Crippen LogP contribution in [0.3, 0.4) is 0 Å². The molecule has 0 aromatic heterocycles. The second-order valence-electron chi connectivity index (χ2n) is 5.25. The Balaban J connectivity index is 1.97. The van der Waals surface area contributed by atoms with Crippen LogP contribution in [0.2, 0.25) is 0 Å². The Morgan fingerprint density at radius 2 is 1.50 bits per heavy atom. The van der Waals surface area contributed by atoms with Gasteiger partial charge in [0.1, 0.15) is 6.10 Å². The molecule has 2 atom stereocenters. The van der Waals surface area contributed by atoms with E-state index in [0.29, 0.717) is 13.2 Å². The Morgan fingerprint density at radius 3 is 2.00 bits per heavy atom. The maximum atomic E-state index is 8.60. The van der Waals surface area contributed by atoms with Gasteiger partial charge < -0.3 is 9.47 Å². The Kier molecular flexibility index (Phi) is 7.57. The van der Waals surface area contributed by atoms with E-state index < -0.39 is 0 Å². The predicted molar refractivity (Wildman–Crippen MR) is 94.2 cm³/mol. The van der Waals surface area contributed by atoms with E-state index in [-0.39, 0.29) is 18.8 Å². The zero-order chi connectivity index (χ0) is 17.0. The summed E-state index contributed by atoms with van der Waals surface area (Å²) in [6.07, 6.45) is 0.938. The highest BCUT2D eigenvalue weighted by molar-refractivity contribution is 5.14. The lowest BCUT2D eigenvalue weighted by Crippen LogP contribution is -2.32. The van der Waals surface area contributed by atoms with Crippen molar-refractivity contribution in [1.29, 1.82) is 0 Å². The van der Waals surface area contributed by atoms with Crippen molar-refractivity contribution < 1.29 is 9.47 Å². The molecular formula is C19H21N3O2. The van der Waals surface area contributed by atoms with E-state index in [9.17, 15) is 0 Å². The second-order valence-corrected chi connectivity index (χ2v) is 5.25. The van der Waals surface area contributed by atoms with Crippen molar-refractivity contribution in [3.63, 3.8) is 0 Å². The van der Waals surface area contributed by atoms with Crippen LogP contribution >= 0.6 is 0 Å². The minimum atomic E-state index is -0.387. The highest BCUT2D eigenvalue weighted by Crippen LogP contribution is 2.13. The molecule has 0 heterocycles. The first-order chi connectivity index (χ1) is 11.8. The fraction of sp³-hybridized carbons (Fsp3) is 0.263. The smallest absolute Gasteiger partial charge is 0.102 e. The molecule has 124 valence electrons. The standard InChI is InChI=1S/C19H21N3O2/c1-2-18(23-14-16-9-5-3-6-10-16)19(13-21-22-20)24-15-17-11-7-4-8-12-17/h2-12,18-19H,1,13-15H2. The van der Waals surface area contributed by atoms with Crippen molar-refractivity contribution >= 4 is 0 Å². The molecule has 2 aromatic carbocycles. The molecule has 0 radical (unpaired) electrons. The Labute approximate surface area is 142 Å². The zero-order valence-electron chi connectivity index (χ0n) is 13.5. The third-order valence-corrected chi connectivity index (χ3v) is 3.52. The van der Waals surface area contributed by atoms with Gasteiger partial charge in [0.05, 0.1) is 25.9 Å². The van der Waals surface area contributed by atoms with E-state index in [1.54, 1.807) is 6.08 Å². The molecule has 24 heavy (non-hydrogen) atoms. The summed E-state index contributed by atoms with van der Waals surface area (Å²) in [5, 5.41) is 3.64. The molecule has 2 unspecified atom stereocenters. The van der Waals surface area contributed by atoms with Gasteiger partial charge in [-0.25, -0.2) is 0 Å². The first kappa shape index (κ1) is 17.8. The fourth-order valence-electron chi connectivity index (χ4n) is 2.24. The van der Waals surface area contributed by atoms with Crippen LogP contribution in [0.1, 0.15) is 11.1 Å². The lowest BCUT2D eigenvalue weighted by atomic mass is 10.2. The Bertz CT molecular complexity index is 655. The fourth-order valence-corrected chi connectivity index (χ4v) is 2.24. The van der Waals surface area contributed by atoms with Gasteiger partial charge in [-0.1, -0.05) is 71.9 Å². The summed E-state index contributed by atoms with van der Waals surface area (Å²) in [5.74, 6) is 0. The van der Waals surface area contributed by atoms with Crippen LogP contribution < -0.4 is 0 Å². The topological polar surface area (TPSA) is 67.2 Å². The highest BCUT2D eigenvalue weighted by atomic mass is 16.5. The molecule has 0 saturated carbocycles. The normalized spacial score (nSPS) is 12.8. The molecule has 2 aromatic rings. The molecule has 5 heteroatoms. The van der Waals surface area contributed by atoms with Gasteiger partial charge in [-0.2, -0.15) is 0 Å². The monoisotopic (exact) mass is 323 g/mol. The highest BCUT2D eigenvalue weighted by Gasteiger charge is 2.20. The van der Waals surface area contributed by atoms with Gasteiger partial charge >= 0.3 is 0 Å². The molecule has 0 saturated heterocycles. The quantitative estimate of drug-likeness (QED) is 0.276. The van der Waals surface area contributed by atoms with Gasteiger partial charge in [0.15, 0.2) is 0 Å². The third kappa shape index (κ3) is 5.89. The van der Waals surface area contributed by atoms with Crippen molar-refractivity contribution in [2.75, 3.05) is 6.54 Å². The van der Waals surface area contributed by atoms with Crippen molar-refractivity contribution in [2.24, 2.45) is 5.11 Å². The first-order valence-corrected chi connectivity index (χ1v) is 7.78. The molecule has 0 spiro atoms. The van der Waals surface area contributed by atoms with Crippen LogP contribution in [-0.2, 0) is 22.7 Å². The average Bonchev–Trinajstić information content (AvgIpc) is 2.65. The maximum Gasteiger partial charge on any atom is 0.102 e. The largest absolute Gasteiger partial charge is 0.370 e. The molecule has 0 bridgehead atoms. The van der Waals surface area contributed by atoms with Gasteiger partial charge in [0.2, 0.25) is 0 Å². The van der Waals surface area contributed by atoms with Crippen molar-refractivity contribution in [1.82, 2.24) is 0 Å². The van der Waals surface area contributed by atoms with E-state index in [2.05, 4.69) is 16.6 Å². The number of ether oxygens (including phenoxy) is 2. The molecule has 0 amide bonds. The molecule has 0 N–H and O–H groups in total. The van der Waals surface area contributed by atoms with E-state index in [1.807, 2.05) is 60.7 Å². The average molecular weight is 323 g/mol. The Hall–Kier alpha value is -2.59. The van der Waals surface area contributed by atoms with Crippen molar-refractivity contribution in [3.8, 4) is 0 Å². The molecule has 0 aliphatic carbocycles. The zero-order valence-corrected chi connectivity index (χ0v) is 13.5. The van der Waals surface area contributed by atoms with E-state index >= 15 is 0 Å². The van der Waals surface area contributed by atoms with Crippen LogP contribution in [-0.4, -0.2) is 18.8 Å². The summed E-state index contributed by atoms with van der Waals surface area (Å²) < 4.78 is 11.8. The molecule has 0 aliphatic rings. The first-order valence-electron chi connectivity index (χ1n) is 7.78. The molecular weight excluding hydrogens is 302 g/mol. The third-order valence-electron chi connectivity index (χ3n) is 3.52. The van der Waals surface area contributed by atoms with Crippen molar-refractivity contribution in [3.05, 3.63) is 94.9 Å². The minimum absolute atomic E-state index is 0.189. The number of benzene rings is 2. The van der Waals surface area contributed by atoms with Gasteiger partial charge in [0.25, 0.3) is 0 Å². The number of nitrogens with zero attached hydrogens (tertiary/aromatic N) is 3. The summed E-state index contributed by atoms with van der Waals surface area (Å²) in [6, 6.07) is 19.7. The number of azide groups is 1. The molecule has 2 rings (SSSR count). The molecule has 0 aliphatic heterocycles. The summed E-state index contributed by atoms with van der Waals surface area (Å²) in [4.78, 5) is 2.82. The van der Waals surface area contributed by atoms with Crippen LogP contribution in [0, 0.1) is 0 Å². The number of rotatable bonds is 10. The van der Waals surface area contributed by atoms with Gasteiger partial charge in [-0.3, -0.25) is 0 Å². The van der Waals surface area contributed by atoms with Crippen molar-refractivity contribution in [2.45, 2.75) is 25.4 Å². The van der Waals surface area contributed by atoms with Gasteiger partial charge in [-0.15, -0.1) is 6.58 Å².